The van der Waals surface area contributed by atoms with Crippen molar-refractivity contribution < 1.29 is 9.59 Å². The van der Waals surface area contributed by atoms with E-state index >= 15 is 0 Å². The van der Waals surface area contributed by atoms with Gasteiger partial charge < -0.3 is 5.32 Å². The molecule has 0 bridgehead atoms. The monoisotopic (exact) mass is 311 g/mol. The van der Waals surface area contributed by atoms with Gasteiger partial charge in [0.2, 0.25) is 5.91 Å². The Morgan fingerprint density at radius 3 is 2.48 bits per heavy atom. The van der Waals surface area contributed by atoms with Crippen molar-refractivity contribution in [2.45, 2.75) is 44.9 Å². The molecule has 1 heterocycles. The first-order valence-electron chi connectivity index (χ1n) is 8.48. The zero-order chi connectivity index (χ0) is 16.3. The molecule has 1 aromatic rings. The van der Waals surface area contributed by atoms with Crippen LogP contribution in [-0.2, 0) is 16.0 Å². The van der Waals surface area contributed by atoms with Crippen molar-refractivity contribution in [2.24, 2.45) is 0 Å². The summed E-state index contributed by atoms with van der Waals surface area (Å²) in [5, 5.41) is 2.99. The molecule has 0 spiro atoms. The van der Waals surface area contributed by atoms with Gasteiger partial charge in [0.25, 0.3) is 0 Å². The molecular formula is C20H25NO2. The van der Waals surface area contributed by atoms with Gasteiger partial charge in [-0.3, -0.25) is 9.59 Å². The summed E-state index contributed by atoms with van der Waals surface area (Å²) >= 11 is 0. The fourth-order valence-corrected chi connectivity index (χ4v) is 2.66. The van der Waals surface area contributed by atoms with Gasteiger partial charge >= 0.3 is 0 Å². The minimum absolute atomic E-state index is 0.0389. The van der Waals surface area contributed by atoms with Crippen LogP contribution < -0.4 is 5.32 Å². The van der Waals surface area contributed by atoms with E-state index in [0.29, 0.717) is 25.0 Å². The van der Waals surface area contributed by atoms with E-state index < -0.39 is 0 Å². The van der Waals surface area contributed by atoms with Crippen molar-refractivity contribution in [3.8, 4) is 0 Å². The zero-order valence-electron chi connectivity index (χ0n) is 13.6. The minimum Gasteiger partial charge on any atom is -0.352 e. The number of allylic oxidation sites excluding steroid dienone is 3. The van der Waals surface area contributed by atoms with Crippen molar-refractivity contribution in [1.29, 1.82) is 0 Å². The lowest BCUT2D eigenvalue weighted by Crippen LogP contribution is -2.26. The molecule has 1 N–H and O–H groups in total. The van der Waals surface area contributed by atoms with Crippen LogP contribution in [0.4, 0.5) is 0 Å². The van der Waals surface area contributed by atoms with Crippen molar-refractivity contribution in [1.82, 2.24) is 5.32 Å². The number of amides is 1. The summed E-state index contributed by atoms with van der Waals surface area (Å²) in [6, 6.07) is 9.92. The molecule has 0 saturated carbocycles. The van der Waals surface area contributed by atoms with Crippen molar-refractivity contribution in [2.75, 3.05) is 6.54 Å². The third-order valence-electron chi connectivity index (χ3n) is 3.99. The number of nitrogens with one attached hydrogen (secondary N) is 1. The zero-order valence-corrected chi connectivity index (χ0v) is 13.6. The Kier molecular flexibility index (Phi) is 7.31. The Bertz CT molecular complexity index is 573. The average molecular weight is 311 g/mol. The van der Waals surface area contributed by atoms with Crippen LogP contribution in [0.2, 0.25) is 0 Å². The first-order chi connectivity index (χ1) is 11.3. The molecule has 1 aromatic carbocycles. The molecule has 0 aromatic heterocycles. The van der Waals surface area contributed by atoms with Gasteiger partial charge in [-0.1, -0.05) is 61.7 Å². The van der Waals surface area contributed by atoms with Gasteiger partial charge in [-0.2, -0.15) is 0 Å². The maximum atomic E-state index is 12.4. The van der Waals surface area contributed by atoms with Crippen LogP contribution in [0.1, 0.15) is 44.1 Å². The summed E-state index contributed by atoms with van der Waals surface area (Å²) in [5.74, 6) is 0.0980. The van der Waals surface area contributed by atoms with Crippen LogP contribution in [0, 0.1) is 0 Å². The molecule has 122 valence electrons. The maximum Gasteiger partial charge on any atom is 0.247 e. The molecule has 0 atom stereocenters. The Morgan fingerprint density at radius 2 is 1.65 bits per heavy atom. The van der Waals surface area contributed by atoms with E-state index in [0.717, 1.165) is 37.7 Å². The number of carbonyl (C=O) groups is 2. The molecule has 0 unspecified atom stereocenters. The second-order valence-electron chi connectivity index (χ2n) is 5.95. The third-order valence-corrected chi connectivity index (χ3v) is 3.99. The highest BCUT2D eigenvalue weighted by atomic mass is 16.1. The lowest BCUT2D eigenvalue weighted by Gasteiger charge is -2.09. The largest absolute Gasteiger partial charge is 0.352 e. The van der Waals surface area contributed by atoms with Gasteiger partial charge in [0, 0.05) is 25.0 Å². The molecular weight excluding hydrogens is 286 g/mol. The quantitative estimate of drug-likeness (QED) is 0.904. The predicted octanol–water partition coefficient (Wildman–Crippen LogP) is 3.75. The minimum atomic E-state index is -0.0389. The van der Waals surface area contributed by atoms with E-state index in [1.165, 1.54) is 0 Å². The van der Waals surface area contributed by atoms with Crippen molar-refractivity contribution in [3.63, 3.8) is 0 Å². The van der Waals surface area contributed by atoms with Crippen LogP contribution in [0.3, 0.4) is 0 Å². The smallest absolute Gasteiger partial charge is 0.247 e. The highest BCUT2D eigenvalue weighted by Crippen LogP contribution is 2.10. The molecule has 1 aliphatic heterocycles. The normalized spacial score (nSPS) is 21.7. The van der Waals surface area contributed by atoms with E-state index in [9.17, 15) is 9.59 Å². The van der Waals surface area contributed by atoms with Crippen molar-refractivity contribution >= 4 is 11.7 Å². The van der Waals surface area contributed by atoms with E-state index in [-0.39, 0.29) is 11.7 Å². The molecule has 23 heavy (non-hydrogen) atoms. The number of hydrogen-bond acceptors (Lipinski definition) is 2. The van der Waals surface area contributed by atoms with E-state index in [1.54, 1.807) is 18.2 Å². The molecule has 2 rings (SSSR count). The number of ketones is 1. The van der Waals surface area contributed by atoms with Gasteiger partial charge in [0.15, 0.2) is 5.78 Å². The SMILES string of the molecule is O=C1/C=C/C=C(/Cc2ccccc2)C(=O)NCCCCCCC1. The molecule has 1 amide bonds. The van der Waals surface area contributed by atoms with E-state index in [4.69, 9.17) is 0 Å². The Balaban J connectivity index is 2.11. The summed E-state index contributed by atoms with van der Waals surface area (Å²) in [5.41, 5.74) is 1.78. The van der Waals surface area contributed by atoms with Gasteiger partial charge in [-0.05, 0) is 24.5 Å². The Labute approximate surface area is 138 Å². The van der Waals surface area contributed by atoms with Gasteiger partial charge in [-0.15, -0.1) is 0 Å². The van der Waals surface area contributed by atoms with E-state index in [1.807, 2.05) is 30.3 Å². The molecule has 0 aliphatic carbocycles. The van der Waals surface area contributed by atoms with Crippen LogP contribution in [0.5, 0.6) is 0 Å². The highest BCUT2D eigenvalue weighted by molar-refractivity contribution is 5.95. The van der Waals surface area contributed by atoms with Gasteiger partial charge in [0.05, 0.1) is 0 Å². The molecule has 0 fully saturated rings. The average Bonchev–Trinajstić information content (AvgIpc) is 2.56. The Hall–Kier alpha value is -2.16. The number of rotatable bonds is 2. The third kappa shape index (κ3) is 6.64. The lowest BCUT2D eigenvalue weighted by atomic mass is 10.0. The number of hydrogen-bond donors (Lipinski definition) is 1. The molecule has 1 aliphatic rings. The summed E-state index contributed by atoms with van der Waals surface area (Å²) < 4.78 is 0. The molecule has 0 radical (unpaired) electrons. The lowest BCUT2D eigenvalue weighted by molar-refractivity contribution is -0.117. The Morgan fingerprint density at radius 1 is 0.913 bits per heavy atom. The summed E-state index contributed by atoms with van der Waals surface area (Å²) in [6.07, 6.45) is 11.5. The van der Waals surface area contributed by atoms with Crippen LogP contribution in [-0.4, -0.2) is 18.2 Å². The summed E-state index contributed by atoms with van der Waals surface area (Å²) in [6.45, 7) is 0.716. The summed E-state index contributed by atoms with van der Waals surface area (Å²) in [7, 11) is 0. The maximum absolute atomic E-state index is 12.4. The second-order valence-corrected chi connectivity index (χ2v) is 5.95. The first kappa shape index (κ1) is 17.2. The fraction of sp³-hybridized carbons (Fsp3) is 0.400. The van der Waals surface area contributed by atoms with Crippen LogP contribution in [0.15, 0.2) is 54.1 Å². The van der Waals surface area contributed by atoms with E-state index in [2.05, 4.69) is 5.32 Å². The molecule has 3 nitrogen and oxygen atoms in total. The number of benzene rings is 1. The first-order valence-corrected chi connectivity index (χ1v) is 8.48. The standard InChI is InChI=1S/C20H25NO2/c22-19-13-7-2-1-3-8-15-21-20(23)18(12-9-14-19)16-17-10-5-4-6-11-17/h4-6,9-12,14H,1-3,7-8,13,15-16H2,(H,21,23)/b14-9+,18-12-. The van der Waals surface area contributed by atoms with Gasteiger partial charge in [-0.25, -0.2) is 0 Å². The highest BCUT2D eigenvalue weighted by Gasteiger charge is 2.09. The topological polar surface area (TPSA) is 46.2 Å². The molecule has 0 saturated heterocycles. The van der Waals surface area contributed by atoms with Crippen LogP contribution >= 0.6 is 0 Å². The van der Waals surface area contributed by atoms with Crippen LogP contribution in [0.25, 0.3) is 0 Å². The predicted molar refractivity (Wildman–Crippen MR) is 93.1 cm³/mol. The molecule has 3 heteroatoms. The fourth-order valence-electron chi connectivity index (χ4n) is 2.66. The van der Waals surface area contributed by atoms with Crippen molar-refractivity contribution in [3.05, 3.63) is 59.7 Å². The second kappa shape index (κ2) is 9.78. The van der Waals surface area contributed by atoms with Gasteiger partial charge in [0.1, 0.15) is 0 Å². The number of carbonyl (C=O) groups excluding carboxylic acids is 2. The summed E-state index contributed by atoms with van der Waals surface area (Å²) in [4.78, 5) is 24.2.